The highest BCUT2D eigenvalue weighted by molar-refractivity contribution is 7.15. The third kappa shape index (κ3) is 4.30. The summed E-state index contributed by atoms with van der Waals surface area (Å²) in [6.45, 7) is 5.80. The molecule has 0 bridgehead atoms. The number of halogens is 1. The summed E-state index contributed by atoms with van der Waals surface area (Å²) in [4.78, 5) is 14.4. The molecule has 0 spiro atoms. The smallest absolute Gasteiger partial charge is 0.245 e. The van der Waals surface area contributed by atoms with Gasteiger partial charge in [0.15, 0.2) is 5.82 Å². The van der Waals surface area contributed by atoms with Crippen molar-refractivity contribution in [3.63, 3.8) is 0 Å². The summed E-state index contributed by atoms with van der Waals surface area (Å²) in [5.74, 6) is 0.295. The Labute approximate surface area is 134 Å². The fourth-order valence-corrected chi connectivity index (χ4v) is 2.82. The first-order valence-electron chi connectivity index (χ1n) is 6.65. The van der Waals surface area contributed by atoms with Crippen LogP contribution in [0.25, 0.3) is 10.6 Å². The van der Waals surface area contributed by atoms with Gasteiger partial charge >= 0.3 is 0 Å². The highest BCUT2D eigenvalue weighted by atomic mass is 35.5. The Bertz CT molecular complexity index is 606. The molecule has 2 heterocycles. The third-order valence-electron chi connectivity index (χ3n) is 3.11. The molecule has 2 aromatic heterocycles. The average Bonchev–Trinajstić information content (AvgIpc) is 2.98. The van der Waals surface area contributed by atoms with Crippen molar-refractivity contribution in [3.8, 4) is 10.6 Å². The van der Waals surface area contributed by atoms with E-state index in [1.807, 2.05) is 19.1 Å². The molecule has 1 unspecified atom stereocenters. The minimum absolute atomic E-state index is 0. The molecule has 5 nitrogen and oxygen atoms in total. The summed E-state index contributed by atoms with van der Waals surface area (Å²) in [5.41, 5.74) is 6.02. The standard InChI is InChI=1S/C14H20N4OS.ClH/c1-4-7-14(3,15)13(19)16-12-8-10(17-18-12)11-6-5-9(2)20-11;/h5-6,8H,4,7,15H2,1-3H3,(H2,16,17,18,19);1H. The van der Waals surface area contributed by atoms with Crippen LogP contribution >= 0.6 is 23.7 Å². The van der Waals surface area contributed by atoms with Gasteiger partial charge in [-0.1, -0.05) is 13.3 Å². The second-order valence-corrected chi connectivity index (χ2v) is 6.49. The monoisotopic (exact) mass is 328 g/mol. The molecule has 2 rings (SSSR count). The van der Waals surface area contributed by atoms with E-state index in [4.69, 9.17) is 5.73 Å². The number of nitrogens with one attached hydrogen (secondary N) is 2. The normalized spacial score (nSPS) is 13.3. The molecule has 0 saturated carbocycles. The van der Waals surface area contributed by atoms with E-state index in [9.17, 15) is 4.79 Å². The van der Waals surface area contributed by atoms with Crippen molar-refractivity contribution < 1.29 is 4.79 Å². The Morgan fingerprint density at radius 2 is 2.24 bits per heavy atom. The summed E-state index contributed by atoms with van der Waals surface area (Å²) in [6.07, 6.45) is 1.50. The van der Waals surface area contributed by atoms with Crippen molar-refractivity contribution in [2.75, 3.05) is 5.32 Å². The van der Waals surface area contributed by atoms with Gasteiger partial charge in [-0.3, -0.25) is 9.89 Å². The number of nitrogens with two attached hydrogens (primary N) is 1. The van der Waals surface area contributed by atoms with Crippen molar-refractivity contribution in [3.05, 3.63) is 23.1 Å². The van der Waals surface area contributed by atoms with Gasteiger partial charge in [-0.15, -0.1) is 23.7 Å². The number of rotatable bonds is 5. The quantitative estimate of drug-likeness (QED) is 0.787. The third-order valence-corrected chi connectivity index (χ3v) is 4.15. The molecule has 21 heavy (non-hydrogen) atoms. The maximum Gasteiger partial charge on any atom is 0.245 e. The molecule has 0 aliphatic heterocycles. The molecule has 0 fully saturated rings. The van der Waals surface area contributed by atoms with Crippen LogP contribution in [0.3, 0.4) is 0 Å². The predicted molar refractivity (Wildman–Crippen MR) is 90.0 cm³/mol. The molecule has 0 aromatic carbocycles. The fraction of sp³-hybridized carbons (Fsp3) is 0.429. The molecule has 0 radical (unpaired) electrons. The summed E-state index contributed by atoms with van der Waals surface area (Å²) >= 11 is 1.68. The number of thiophene rings is 1. The van der Waals surface area contributed by atoms with E-state index >= 15 is 0 Å². The van der Waals surface area contributed by atoms with Gasteiger partial charge in [0.05, 0.1) is 16.1 Å². The highest BCUT2D eigenvalue weighted by Crippen LogP contribution is 2.27. The predicted octanol–water partition coefficient (Wildman–Crippen LogP) is 3.32. The van der Waals surface area contributed by atoms with Crippen molar-refractivity contribution >= 4 is 35.5 Å². The molecule has 4 N–H and O–H groups in total. The van der Waals surface area contributed by atoms with E-state index < -0.39 is 5.54 Å². The number of H-pyrrole nitrogens is 1. The van der Waals surface area contributed by atoms with Crippen molar-refractivity contribution in [2.24, 2.45) is 5.73 Å². The summed E-state index contributed by atoms with van der Waals surface area (Å²) in [7, 11) is 0. The van der Waals surface area contributed by atoms with E-state index in [1.165, 1.54) is 4.88 Å². The molecule has 0 saturated heterocycles. The van der Waals surface area contributed by atoms with Gasteiger partial charge in [0.1, 0.15) is 0 Å². The lowest BCUT2D eigenvalue weighted by molar-refractivity contribution is -0.120. The molecule has 1 atom stereocenters. The molecule has 0 aliphatic carbocycles. The minimum atomic E-state index is -0.868. The SMILES string of the molecule is CCCC(C)(N)C(=O)Nc1cc(-c2ccc(C)s2)[nH]n1.Cl. The summed E-state index contributed by atoms with van der Waals surface area (Å²) in [5, 5.41) is 9.80. The lowest BCUT2D eigenvalue weighted by Gasteiger charge is -2.21. The zero-order valence-electron chi connectivity index (χ0n) is 12.4. The van der Waals surface area contributed by atoms with Crippen molar-refractivity contribution in [1.29, 1.82) is 0 Å². The van der Waals surface area contributed by atoms with E-state index in [-0.39, 0.29) is 18.3 Å². The van der Waals surface area contributed by atoms with Crippen LogP contribution in [0.15, 0.2) is 18.2 Å². The van der Waals surface area contributed by atoms with Gasteiger partial charge in [-0.05, 0) is 32.4 Å². The zero-order chi connectivity index (χ0) is 14.8. The molecular formula is C14H21ClN4OS. The van der Waals surface area contributed by atoms with Crippen LogP contribution in [-0.2, 0) is 4.79 Å². The second-order valence-electron chi connectivity index (χ2n) is 5.20. The Balaban J connectivity index is 0.00000220. The number of amides is 1. The Kier molecular flexibility index (Phi) is 5.95. The van der Waals surface area contributed by atoms with Gasteiger partial charge in [-0.2, -0.15) is 5.10 Å². The highest BCUT2D eigenvalue weighted by Gasteiger charge is 2.27. The topological polar surface area (TPSA) is 83.8 Å². The molecular weight excluding hydrogens is 308 g/mol. The maximum atomic E-state index is 12.1. The zero-order valence-corrected chi connectivity index (χ0v) is 14.0. The Morgan fingerprint density at radius 3 is 2.81 bits per heavy atom. The molecule has 1 amide bonds. The maximum absolute atomic E-state index is 12.1. The Morgan fingerprint density at radius 1 is 1.52 bits per heavy atom. The number of hydrogen-bond acceptors (Lipinski definition) is 4. The number of aromatic nitrogens is 2. The Hall–Kier alpha value is -1.37. The van der Waals surface area contributed by atoms with E-state index in [0.717, 1.165) is 17.0 Å². The van der Waals surface area contributed by atoms with Gasteiger partial charge in [-0.25, -0.2) is 0 Å². The number of aromatic amines is 1. The van der Waals surface area contributed by atoms with Gasteiger partial charge in [0.2, 0.25) is 5.91 Å². The van der Waals surface area contributed by atoms with Gasteiger partial charge in [0, 0.05) is 10.9 Å². The fourth-order valence-electron chi connectivity index (χ4n) is 1.98. The van der Waals surface area contributed by atoms with Crippen LogP contribution in [0.4, 0.5) is 5.82 Å². The van der Waals surface area contributed by atoms with Crippen molar-refractivity contribution in [1.82, 2.24) is 10.2 Å². The largest absolute Gasteiger partial charge is 0.318 e. The van der Waals surface area contributed by atoms with Gasteiger partial charge < -0.3 is 11.1 Å². The van der Waals surface area contributed by atoms with Crippen LogP contribution in [0.2, 0.25) is 0 Å². The number of anilines is 1. The van der Waals surface area contributed by atoms with E-state index in [1.54, 1.807) is 18.3 Å². The summed E-state index contributed by atoms with van der Waals surface area (Å²) < 4.78 is 0. The lowest BCUT2D eigenvalue weighted by atomic mass is 9.97. The van der Waals surface area contributed by atoms with E-state index in [0.29, 0.717) is 12.2 Å². The van der Waals surface area contributed by atoms with Crippen LogP contribution in [-0.4, -0.2) is 21.6 Å². The molecule has 116 valence electrons. The van der Waals surface area contributed by atoms with Crippen LogP contribution in [0.1, 0.15) is 31.6 Å². The van der Waals surface area contributed by atoms with Crippen LogP contribution in [0.5, 0.6) is 0 Å². The van der Waals surface area contributed by atoms with Crippen LogP contribution in [0, 0.1) is 6.92 Å². The first kappa shape index (κ1) is 17.7. The number of carbonyl (C=O) groups is 1. The average molecular weight is 329 g/mol. The number of carbonyl (C=O) groups excluding carboxylic acids is 1. The van der Waals surface area contributed by atoms with Crippen molar-refractivity contribution in [2.45, 2.75) is 39.2 Å². The molecule has 7 heteroatoms. The minimum Gasteiger partial charge on any atom is -0.318 e. The summed E-state index contributed by atoms with van der Waals surface area (Å²) in [6, 6.07) is 5.91. The number of nitrogens with zero attached hydrogens (tertiary/aromatic N) is 1. The molecule has 0 aliphatic rings. The number of aryl methyl sites for hydroxylation is 1. The first-order chi connectivity index (χ1) is 9.42. The van der Waals surface area contributed by atoms with E-state index in [2.05, 4.69) is 28.5 Å². The number of hydrogen-bond donors (Lipinski definition) is 3. The first-order valence-corrected chi connectivity index (χ1v) is 7.46. The second kappa shape index (κ2) is 7.06. The van der Waals surface area contributed by atoms with Crippen LogP contribution < -0.4 is 11.1 Å². The lowest BCUT2D eigenvalue weighted by Crippen LogP contribution is -2.48. The van der Waals surface area contributed by atoms with Gasteiger partial charge in [0.25, 0.3) is 0 Å². The molecule has 2 aromatic rings.